The summed E-state index contributed by atoms with van der Waals surface area (Å²) >= 11 is 0. The van der Waals surface area contributed by atoms with Gasteiger partial charge in [-0.05, 0) is 43.4 Å². The minimum absolute atomic E-state index is 0.436. The van der Waals surface area contributed by atoms with Crippen LogP contribution in [0.5, 0.6) is 0 Å². The predicted octanol–water partition coefficient (Wildman–Crippen LogP) is 1.54. The van der Waals surface area contributed by atoms with E-state index in [-0.39, 0.29) is 0 Å². The van der Waals surface area contributed by atoms with E-state index in [9.17, 15) is 0 Å². The lowest BCUT2D eigenvalue weighted by Crippen LogP contribution is -2.46. The maximum atomic E-state index is 6.07. The van der Waals surface area contributed by atoms with Gasteiger partial charge in [0.15, 0.2) is 0 Å². The summed E-state index contributed by atoms with van der Waals surface area (Å²) in [5.41, 5.74) is 7.45. The molecule has 0 radical (unpaired) electrons. The van der Waals surface area contributed by atoms with Crippen molar-refractivity contribution in [1.29, 1.82) is 0 Å². The van der Waals surface area contributed by atoms with Crippen LogP contribution in [0, 0.1) is 0 Å². The number of hydrogen-bond acceptors (Lipinski definition) is 3. The summed E-state index contributed by atoms with van der Waals surface area (Å²) in [5, 5.41) is 0. The Morgan fingerprint density at radius 3 is 2.44 bits per heavy atom. The normalized spacial score (nSPS) is 34.2. The number of fused-ring (bicyclic) bond motifs is 2. The highest BCUT2D eigenvalue weighted by Gasteiger charge is 2.39. The third-order valence-corrected chi connectivity index (χ3v) is 4.04. The van der Waals surface area contributed by atoms with Crippen molar-refractivity contribution in [2.75, 3.05) is 0 Å². The van der Waals surface area contributed by atoms with Crippen LogP contribution in [0.4, 0.5) is 0 Å². The minimum Gasteiger partial charge on any atom is -0.328 e. The molecule has 2 N–H and O–H groups in total. The minimum atomic E-state index is 0.436. The molecule has 2 bridgehead atoms. The van der Waals surface area contributed by atoms with Crippen molar-refractivity contribution in [2.24, 2.45) is 5.73 Å². The van der Waals surface area contributed by atoms with Gasteiger partial charge in [-0.25, -0.2) is 0 Å². The first-order valence-electron chi connectivity index (χ1n) is 6.23. The lowest BCUT2D eigenvalue weighted by atomic mass is 9.97. The lowest BCUT2D eigenvalue weighted by molar-refractivity contribution is 0.120. The number of piperidine rings is 1. The Morgan fingerprint density at radius 1 is 1.19 bits per heavy atom. The average molecular weight is 217 g/mol. The second-order valence-electron chi connectivity index (χ2n) is 5.14. The van der Waals surface area contributed by atoms with Crippen molar-refractivity contribution in [3.8, 4) is 0 Å². The second-order valence-corrected chi connectivity index (χ2v) is 5.14. The molecule has 2 aliphatic heterocycles. The topological polar surface area (TPSA) is 42.1 Å². The molecule has 2 fully saturated rings. The highest BCUT2D eigenvalue weighted by atomic mass is 15.2. The molecule has 16 heavy (non-hydrogen) atoms. The van der Waals surface area contributed by atoms with E-state index in [0.29, 0.717) is 6.04 Å². The number of pyridine rings is 1. The van der Waals surface area contributed by atoms with Crippen LogP contribution in [0.15, 0.2) is 24.5 Å². The monoisotopic (exact) mass is 217 g/mol. The largest absolute Gasteiger partial charge is 0.328 e. The molecule has 2 aliphatic rings. The summed E-state index contributed by atoms with van der Waals surface area (Å²) in [6.45, 7) is 1.07. The summed E-state index contributed by atoms with van der Waals surface area (Å²) in [6.07, 6.45) is 8.80. The van der Waals surface area contributed by atoms with Gasteiger partial charge in [0, 0.05) is 37.1 Å². The van der Waals surface area contributed by atoms with Crippen molar-refractivity contribution in [3.05, 3.63) is 30.1 Å². The highest BCUT2D eigenvalue weighted by Crippen LogP contribution is 2.35. The Bertz CT molecular complexity index is 337. The predicted molar refractivity (Wildman–Crippen MR) is 63.8 cm³/mol. The number of aromatic nitrogens is 1. The molecule has 2 saturated heterocycles. The third kappa shape index (κ3) is 1.85. The van der Waals surface area contributed by atoms with Crippen LogP contribution in [0.3, 0.4) is 0 Å². The van der Waals surface area contributed by atoms with E-state index >= 15 is 0 Å². The zero-order valence-corrected chi connectivity index (χ0v) is 9.55. The van der Waals surface area contributed by atoms with Crippen LogP contribution in [-0.2, 0) is 6.54 Å². The molecule has 0 spiro atoms. The zero-order chi connectivity index (χ0) is 11.0. The number of nitrogens with two attached hydrogens (primary N) is 1. The molecule has 2 unspecified atom stereocenters. The molecule has 3 heterocycles. The quantitative estimate of drug-likeness (QED) is 0.817. The molecular weight excluding hydrogens is 198 g/mol. The van der Waals surface area contributed by atoms with Gasteiger partial charge in [-0.3, -0.25) is 9.88 Å². The molecule has 0 aliphatic carbocycles. The van der Waals surface area contributed by atoms with Gasteiger partial charge in [-0.15, -0.1) is 0 Å². The molecule has 1 aromatic rings. The Kier molecular flexibility index (Phi) is 2.65. The van der Waals surface area contributed by atoms with Crippen LogP contribution in [-0.4, -0.2) is 28.0 Å². The van der Waals surface area contributed by atoms with Gasteiger partial charge in [0.25, 0.3) is 0 Å². The van der Waals surface area contributed by atoms with Gasteiger partial charge in [-0.2, -0.15) is 0 Å². The number of rotatable bonds is 2. The van der Waals surface area contributed by atoms with Crippen LogP contribution in [0.1, 0.15) is 31.2 Å². The summed E-state index contributed by atoms with van der Waals surface area (Å²) in [5.74, 6) is 0. The number of nitrogens with zero attached hydrogens (tertiary/aromatic N) is 2. The zero-order valence-electron chi connectivity index (χ0n) is 9.55. The molecule has 3 heteroatoms. The molecule has 3 nitrogen and oxygen atoms in total. The molecule has 1 aromatic heterocycles. The van der Waals surface area contributed by atoms with Crippen molar-refractivity contribution < 1.29 is 0 Å². The van der Waals surface area contributed by atoms with Gasteiger partial charge in [0.05, 0.1) is 0 Å². The van der Waals surface area contributed by atoms with Crippen molar-refractivity contribution in [3.63, 3.8) is 0 Å². The van der Waals surface area contributed by atoms with E-state index in [1.165, 1.54) is 31.2 Å². The van der Waals surface area contributed by atoms with Gasteiger partial charge < -0.3 is 5.73 Å². The maximum Gasteiger partial charge on any atom is 0.0271 e. The smallest absolute Gasteiger partial charge is 0.0271 e. The summed E-state index contributed by atoms with van der Waals surface area (Å²) in [6, 6.07) is 6.12. The van der Waals surface area contributed by atoms with Gasteiger partial charge in [-0.1, -0.05) is 0 Å². The van der Waals surface area contributed by atoms with E-state index in [4.69, 9.17) is 5.73 Å². The first-order chi connectivity index (χ1) is 7.83. The maximum absolute atomic E-state index is 6.07. The SMILES string of the molecule is NC1CC2CCC(C1)N2Cc1ccncc1. The first-order valence-corrected chi connectivity index (χ1v) is 6.23. The molecule has 0 saturated carbocycles. The molecular formula is C13H19N3. The Balaban J connectivity index is 1.72. The van der Waals surface area contributed by atoms with E-state index in [2.05, 4.69) is 22.0 Å². The summed E-state index contributed by atoms with van der Waals surface area (Å²) in [7, 11) is 0. The van der Waals surface area contributed by atoms with E-state index in [1.54, 1.807) is 0 Å². The second kappa shape index (κ2) is 4.15. The van der Waals surface area contributed by atoms with Gasteiger partial charge in [0.2, 0.25) is 0 Å². The fourth-order valence-electron chi connectivity index (χ4n) is 3.27. The Labute approximate surface area is 96.7 Å². The molecule has 86 valence electrons. The van der Waals surface area contributed by atoms with Gasteiger partial charge >= 0.3 is 0 Å². The van der Waals surface area contributed by atoms with Crippen LogP contribution in [0.2, 0.25) is 0 Å². The van der Waals surface area contributed by atoms with Crippen molar-refractivity contribution in [1.82, 2.24) is 9.88 Å². The fourth-order valence-corrected chi connectivity index (χ4v) is 3.27. The fraction of sp³-hybridized carbons (Fsp3) is 0.615. The summed E-state index contributed by atoms with van der Waals surface area (Å²) in [4.78, 5) is 6.72. The van der Waals surface area contributed by atoms with Crippen LogP contribution >= 0.6 is 0 Å². The lowest BCUT2D eigenvalue weighted by Gasteiger charge is -2.37. The summed E-state index contributed by atoms with van der Waals surface area (Å²) < 4.78 is 0. The Hall–Kier alpha value is -0.930. The van der Waals surface area contributed by atoms with Crippen LogP contribution in [0.25, 0.3) is 0 Å². The molecule has 0 amide bonds. The van der Waals surface area contributed by atoms with E-state index < -0.39 is 0 Å². The third-order valence-electron chi connectivity index (χ3n) is 4.04. The molecule has 2 atom stereocenters. The number of hydrogen-bond donors (Lipinski definition) is 1. The van der Waals surface area contributed by atoms with E-state index in [1.807, 2.05) is 12.4 Å². The van der Waals surface area contributed by atoms with Crippen molar-refractivity contribution in [2.45, 2.75) is 50.4 Å². The molecule has 0 aromatic carbocycles. The molecule has 3 rings (SSSR count). The standard InChI is InChI=1S/C13H19N3/c14-11-7-12-1-2-13(8-11)16(12)9-10-3-5-15-6-4-10/h3-6,11-13H,1-2,7-9,14H2. The van der Waals surface area contributed by atoms with E-state index in [0.717, 1.165) is 18.6 Å². The Morgan fingerprint density at radius 2 is 1.81 bits per heavy atom. The first kappa shape index (κ1) is 10.2. The highest BCUT2D eigenvalue weighted by molar-refractivity contribution is 5.11. The van der Waals surface area contributed by atoms with Crippen LogP contribution < -0.4 is 5.73 Å². The average Bonchev–Trinajstić information content (AvgIpc) is 2.54. The van der Waals surface area contributed by atoms with Crippen molar-refractivity contribution >= 4 is 0 Å². The van der Waals surface area contributed by atoms with Gasteiger partial charge in [0.1, 0.15) is 0 Å².